The van der Waals surface area contributed by atoms with E-state index in [9.17, 15) is 4.79 Å². The highest BCUT2D eigenvalue weighted by Crippen LogP contribution is 2.22. The van der Waals surface area contributed by atoms with Crippen molar-refractivity contribution in [1.82, 2.24) is 0 Å². The Hall–Kier alpha value is -2.09. The normalized spacial score (nSPS) is 10.5. The minimum Gasteiger partial charge on any atom is -0.494 e. The predicted octanol–water partition coefficient (Wildman–Crippen LogP) is 5.55. The standard InChI is InChI=1S/C21H25O2/c1-2-3-4-5-6-7-16-23-21-14-12-20(13-15-21)19-10-8-18(17-22)9-11-19/h8-15H,2-7,16H2,1H3. The van der Waals surface area contributed by atoms with Crippen molar-refractivity contribution < 1.29 is 9.53 Å². The summed E-state index contributed by atoms with van der Waals surface area (Å²) in [7, 11) is 0. The molecule has 0 amide bonds. The van der Waals surface area contributed by atoms with Gasteiger partial charge in [-0.3, -0.25) is 4.79 Å². The summed E-state index contributed by atoms with van der Waals surface area (Å²) >= 11 is 0. The predicted molar refractivity (Wildman–Crippen MR) is 95.5 cm³/mol. The Morgan fingerprint density at radius 2 is 1.35 bits per heavy atom. The Bertz CT molecular complexity index is 570. The van der Waals surface area contributed by atoms with Gasteiger partial charge >= 0.3 is 0 Å². The van der Waals surface area contributed by atoms with Crippen LogP contribution in [0.15, 0.2) is 48.5 Å². The van der Waals surface area contributed by atoms with Crippen LogP contribution in [0.3, 0.4) is 0 Å². The van der Waals surface area contributed by atoms with Crippen LogP contribution in [0.1, 0.15) is 51.0 Å². The van der Waals surface area contributed by atoms with Gasteiger partial charge in [-0.25, -0.2) is 0 Å². The molecule has 0 aliphatic heterocycles. The molecule has 23 heavy (non-hydrogen) atoms. The second kappa shape index (κ2) is 9.83. The summed E-state index contributed by atoms with van der Waals surface area (Å²) in [6.07, 6.45) is 9.54. The minimum absolute atomic E-state index is 0.577. The van der Waals surface area contributed by atoms with E-state index in [4.69, 9.17) is 4.74 Å². The zero-order chi connectivity index (χ0) is 16.3. The molecular weight excluding hydrogens is 284 g/mol. The lowest BCUT2D eigenvalue weighted by atomic mass is 10.0. The van der Waals surface area contributed by atoms with Gasteiger partial charge in [0, 0.05) is 5.56 Å². The lowest BCUT2D eigenvalue weighted by Gasteiger charge is -2.07. The summed E-state index contributed by atoms with van der Waals surface area (Å²) in [6.45, 7) is 3.03. The van der Waals surface area contributed by atoms with Crippen molar-refractivity contribution in [3.8, 4) is 16.9 Å². The second-order valence-electron chi connectivity index (χ2n) is 5.82. The number of ether oxygens (including phenoxy) is 1. The summed E-state index contributed by atoms with van der Waals surface area (Å²) in [6, 6.07) is 15.6. The van der Waals surface area contributed by atoms with Crippen LogP contribution in [0, 0.1) is 0 Å². The Balaban J connectivity index is 1.76. The Morgan fingerprint density at radius 1 is 0.783 bits per heavy atom. The third kappa shape index (κ3) is 5.90. The molecule has 2 aromatic rings. The fourth-order valence-corrected chi connectivity index (χ4v) is 2.55. The van der Waals surface area contributed by atoms with Gasteiger partial charge in [-0.15, -0.1) is 0 Å². The molecule has 121 valence electrons. The summed E-state index contributed by atoms with van der Waals surface area (Å²) in [5.41, 5.74) is 2.79. The first-order chi connectivity index (χ1) is 11.3. The molecule has 2 rings (SSSR count). The molecule has 0 heterocycles. The molecule has 0 aromatic heterocycles. The Labute approximate surface area is 139 Å². The molecule has 0 bridgehead atoms. The zero-order valence-electron chi connectivity index (χ0n) is 13.9. The van der Waals surface area contributed by atoms with E-state index in [1.165, 1.54) is 32.1 Å². The van der Waals surface area contributed by atoms with Crippen molar-refractivity contribution in [1.29, 1.82) is 0 Å². The van der Waals surface area contributed by atoms with E-state index >= 15 is 0 Å². The lowest BCUT2D eigenvalue weighted by molar-refractivity contribution is 0.304. The quantitative estimate of drug-likeness (QED) is 0.538. The van der Waals surface area contributed by atoms with Gasteiger partial charge in [0.05, 0.1) is 6.61 Å². The average molecular weight is 309 g/mol. The molecule has 0 N–H and O–H groups in total. The van der Waals surface area contributed by atoms with Gasteiger partial charge in [0.25, 0.3) is 0 Å². The highest BCUT2D eigenvalue weighted by Gasteiger charge is 2.00. The van der Waals surface area contributed by atoms with Gasteiger partial charge in [-0.1, -0.05) is 75.4 Å². The van der Waals surface area contributed by atoms with E-state index in [-0.39, 0.29) is 0 Å². The summed E-state index contributed by atoms with van der Waals surface area (Å²) in [4.78, 5) is 10.6. The molecule has 2 aromatic carbocycles. The third-order valence-electron chi connectivity index (χ3n) is 3.96. The van der Waals surface area contributed by atoms with E-state index in [1.807, 2.05) is 30.6 Å². The number of carbonyl (C=O) groups excluding carboxylic acids is 1. The van der Waals surface area contributed by atoms with Crippen molar-refractivity contribution in [3.05, 3.63) is 54.1 Å². The summed E-state index contributed by atoms with van der Waals surface area (Å²) in [5.74, 6) is 0.917. The van der Waals surface area contributed by atoms with Crippen LogP contribution in [0.5, 0.6) is 5.75 Å². The summed E-state index contributed by atoms with van der Waals surface area (Å²) < 4.78 is 5.79. The van der Waals surface area contributed by atoms with Crippen LogP contribution in [0.25, 0.3) is 11.1 Å². The Morgan fingerprint density at radius 3 is 1.96 bits per heavy atom. The van der Waals surface area contributed by atoms with Gasteiger partial charge in [0.1, 0.15) is 5.75 Å². The molecule has 2 nitrogen and oxygen atoms in total. The fourth-order valence-electron chi connectivity index (χ4n) is 2.55. The molecule has 0 aliphatic rings. The first kappa shape index (κ1) is 17.3. The zero-order valence-corrected chi connectivity index (χ0v) is 13.9. The van der Waals surface area contributed by atoms with Crippen molar-refractivity contribution in [2.75, 3.05) is 6.61 Å². The summed E-state index contributed by atoms with van der Waals surface area (Å²) in [5, 5.41) is 0. The maximum absolute atomic E-state index is 10.6. The van der Waals surface area contributed by atoms with Gasteiger partial charge in [-0.2, -0.15) is 0 Å². The van der Waals surface area contributed by atoms with Crippen molar-refractivity contribution >= 4 is 6.29 Å². The number of benzene rings is 2. The molecule has 0 atom stereocenters. The maximum Gasteiger partial charge on any atom is 0.233 e. The number of hydrogen-bond acceptors (Lipinski definition) is 2. The molecule has 1 radical (unpaired) electrons. The molecule has 0 fully saturated rings. The van der Waals surface area contributed by atoms with Crippen LogP contribution in [-0.2, 0) is 4.79 Å². The molecule has 0 unspecified atom stereocenters. The van der Waals surface area contributed by atoms with E-state index in [2.05, 4.69) is 19.1 Å². The largest absolute Gasteiger partial charge is 0.494 e. The van der Waals surface area contributed by atoms with Crippen molar-refractivity contribution in [2.45, 2.75) is 45.4 Å². The average Bonchev–Trinajstić information content (AvgIpc) is 2.61. The molecule has 0 spiro atoms. The minimum atomic E-state index is 0.577. The van der Waals surface area contributed by atoms with E-state index in [0.29, 0.717) is 5.56 Å². The molecule has 0 saturated heterocycles. The van der Waals surface area contributed by atoms with Crippen LogP contribution in [0.4, 0.5) is 0 Å². The molecule has 0 saturated carbocycles. The van der Waals surface area contributed by atoms with E-state index < -0.39 is 0 Å². The molecular formula is C21H25O2. The van der Waals surface area contributed by atoms with Crippen LogP contribution in [0.2, 0.25) is 0 Å². The van der Waals surface area contributed by atoms with Crippen LogP contribution < -0.4 is 4.74 Å². The number of hydrogen-bond donors (Lipinski definition) is 0. The van der Waals surface area contributed by atoms with Gasteiger partial charge in [-0.05, 0) is 29.7 Å². The highest BCUT2D eigenvalue weighted by molar-refractivity contribution is 5.77. The second-order valence-corrected chi connectivity index (χ2v) is 5.82. The SMILES string of the molecule is CCCCCCCCOc1ccc(-c2ccc([C]=O)cc2)cc1. The van der Waals surface area contributed by atoms with Crippen LogP contribution >= 0.6 is 0 Å². The van der Waals surface area contributed by atoms with E-state index in [0.717, 1.165) is 29.9 Å². The molecule has 0 aliphatic carbocycles. The van der Waals surface area contributed by atoms with Gasteiger partial charge in [0.15, 0.2) is 0 Å². The number of rotatable bonds is 10. The first-order valence-electron chi connectivity index (χ1n) is 8.55. The third-order valence-corrected chi connectivity index (χ3v) is 3.96. The van der Waals surface area contributed by atoms with Crippen molar-refractivity contribution in [2.24, 2.45) is 0 Å². The smallest absolute Gasteiger partial charge is 0.233 e. The number of unbranched alkanes of at least 4 members (excludes halogenated alkanes) is 5. The van der Waals surface area contributed by atoms with Gasteiger partial charge in [0.2, 0.25) is 6.29 Å². The maximum atomic E-state index is 10.6. The highest BCUT2D eigenvalue weighted by atomic mass is 16.5. The van der Waals surface area contributed by atoms with Crippen molar-refractivity contribution in [3.63, 3.8) is 0 Å². The first-order valence-corrected chi connectivity index (χ1v) is 8.55. The Kier molecular flexibility index (Phi) is 7.38. The van der Waals surface area contributed by atoms with E-state index in [1.54, 1.807) is 12.1 Å². The fraction of sp³-hybridized carbons (Fsp3) is 0.381. The lowest BCUT2D eigenvalue weighted by Crippen LogP contribution is -1.97. The topological polar surface area (TPSA) is 26.3 Å². The monoisotopic (exact) mass is 309 g/mol. The van der Waals surface area contributed by atoms with Crippen LogP contribution in [-0.4, -0.2) is 12.9 Å². The molecule has 2 heteroatoms. The van der Waals surface area contributed by atoms with Gasteiger partial charge < -0.3 is 4.74 Å².